The molecule has 3 saturated heterocycles. The lowest BCUT2D eigenvalue weighted by Gasteiger charge is -2.66. The standard InChI is InChI=1S/C28H34O9/c1-14(29)34-19-12-20(31)36-24(2,3)17-11-18(30)27(6)16(26(17,19)5)7-9-25(4)21(15-8-10-33-13-15)35-23(32)22-28(25,27)37-22/h8,10,13,16-17,19,21-22H,7,9,11-12H2,1-6H3/t16-,17+,19?,21-,22+,25-,26-,27+,28+/m0/s1. The summed E-state index contributed by atoms with van der Waals surface area (Å²) in [5, 5.41) is 0. The van der Waals surface area contributed by atoms with Gasteiger partial charge in [-0.1, -0.05) is 13.8 Å². The van der Waals surface area contributed by atoms with Gasteiger partial charge in [-0.25, -0.2) is 4.79 Å². The molecular formula is C28H34O9. The fraction of sp³-hybridized carbons (Fsp3) is 0.714. The topological polar surface area (TPSA) is 122 Å². The van der Waals surface area contributed by atoms with Crippen molar-refractivity contribution in [2.24, 2.45) is 28.1 Å². The van der Waals surface area contributed by atoms with Gasteiger partial charge in [0.05, 0.1) is 24.4 Å². The highest BCUT2D eigenvalue weighted by Crippen LogP contribution is 2.78. The monoisotopic (exact) mass is 514 g/mol. The van der Waals surface area contributed by atoms with Gasteiger partial charge in [0, 0.05) is 35.7 Å². The van der Waals surface area contributed by atoms with E-state index in [1.165, 1.54) is 13.2 Å². The number of esters is 3. The number of furan rings is 1. The van der Waals surface area contributed by atoms with E-state index < -0.39 is 63.7 Å². The summed E-state index contributed by atoms with van der Waals surface area (Å²) in [6.45, 7) is 11.0. The minimum Gasteiger partial charge on any atom is -0.472 e. The number of hydrogen-bond acceptors (Lipinski definition) is 9. The zero-order chi connectivity index (χ0) is 26.8. The van der Waals surface area contributed by atoms with Gasteiger partial charge in [0.2, 0.25) is 0 Å². The van der Waals surface area contributed by atoms with Crippen LogP contribution in [0, 0.1) is 28.1 Å². The van der Waals surface area contributed by atoms with Crippen molar-refractivity contribution >= 4 is 23.7 Å². The van der Waals surface area contributed by atoms with E-state index in [0.717, 1.165) is 5.56 Å². The van der Waals surface area contributed by atoms with Gasteiger partial charge in [0.25, 0.3) is 0 Å². The van der Waals surface area contributed by atoms with Gasteiger partial charge in [-0.2, -0.15) is 0 Å². The Labute approximate surface area is 215 Å². The smallest absolute Gasteiger partial charge is 0.339 e. The summed E-state index contributed by atoms with van der Waals surface area (Å²) in [6, 6.07) is 1.78. The first-order valence-electron chi connectivity index (χ1n) is 13.1. The summed E-state index contributed by atoms with van der Waals surface area (Å²) >= 11 is 0. The molecule has 3 aliphatic heterocycles. The maximum Gasteiger partial charge on any atom is 0.339 e. The van der Waals surface area contributed by atoms with Crippen LogP contribution in [0.1, 0.15) is 78.9 Å². The molecule has 1 aromatic rings. The summed E-state index contributed by atoms with van der Waals surface area (Å²) in [5.74, 6) is -2.18. The summed E-state index contributed by atoms with van der Waals surface area (Å²) in [7, 11) is 0. The third kappa shape index (κ3) is 2.79. The number of hydrogen-bond donors (Lipinski definition) is 0. The highest BCUT2D eigenvalue weighted by Gasteiger charge is 2.88. The molecule has 1 spiro atoms. The molecule has 0 aromatic carbocycles. The molecule has 200 valence electrons. The molecule has 9 heteroatoms. The van der Waals surface area contributed by atoms with Crippen LogP contribution in [0.4, 0.5) is 0 Å². The average Bonchev–Trinajstić information content (AvgIpc) is 3.38. The van der Waals surface area contributed by atoms with Crippen LogP contribution in [0.3, 0.4) is 0 Å². The van der Waals surface area contributed by atoms with Crippen LogP contribution < -0.4 is 0 Å². The lowest BCUT2D eigenvalue weighted by Crippen LogP contribution is -2.72. The molecular weight excluding hydrogens is 480 g/mol. The Bertz CT molecular complexity index is 1200. The third-order valence-electron chi connectivity index (χ3n) is 10.8. The molecule has 0 N–H and O–H groups in total. The summed E-state index contributed by atoms with van der Waals surface area (Å²) in [6.07, 6.45) is 2.06. The number of Topliss-reactive ketones (excluding diaryl/α,β-unsaturated/α-hetero) is 1. The molecule has 4 heterocycles. The Morgan fingerprint density at radius 2 is 1.76 bits per heavy atom. The number of epoxide rings is 1. The molecule has 6 rings (SSSR count). The molecule has 1 unspecified atom stereocenters. The fourth-order valence-corrected chi connectivity index (χ4v) is 9.24. The molecule has 0 amide bonds. The summed E-state index contributed by atoms with van der Waals surface area (Å²) in [4.78, 5) is 52.7. The second-order valence-corrected chi connectivity index (χ2v) is 12.7. The molecule has 37 heavy (non-hydrogen) atoms. The predicted molar refractivity (Wildman–Crippen MR) is 126 cm³/mol. The fourth-order valence-electron chi connectivity index (χ4n) is 9.24. The molecule has 9 atom stereocenters. The van der Waals surface area contributed by atoms with Crippen molar-refractivity contribution in [3.8, 4) is 0 Å². The van der Waals surface area contributed by atoms with E-state index in [4.69, 9.17) is 23.4 Å². The number of carbonyl (C=O) groups excluding carboxylic acids is 4. The Hall–Kier alpha value is -2.68. The predicted octanol–water partition coefficient (Wildman–Crippen LogP) is 3.69. The van der Waals surface area contributed by atoms with E-state index in [0.29, 0.717) is 12.8 Å². The maximum absolute atomic E-state index is 14.4. The van der Waals surface area contributed by atoms with Crippen LogP contribution in [-0.4, -0.2) is 47.1 Å². The van der Waals surface area contributed by atoms with Crippen LogP contribution >= 0.6 is 0 Å². The van der Waals surface area contributed by atoms with Crippen molar-refractivity contribution in [1.82, 2.24) is 0 Å². The van der Waals surface area contributed by atoms with Crippen molar-refractivity contribution in [3.05, 3.63) is 24.2 Å². The quantitative estimate of drug-likeness (QED) is 0.330. The number of fused-ring (bicyclic) bond motifs is 3. The van der Waals surface area contributed by atoms with Crippen LogP contribution in [-0.2, 0) is 38.1 Å². The normalized spacial score (nSPS) is 47.7. The van der Waals surface area contributed by atoms with Crippen molar-refractivity contribution in [2.75, 3.05) is 0 Å². The molecule has 5 aliphatic rings. The van der Waals surface area contributed by atoms with Gasteiger partial charge in [0.1, 0.15) is 29.2 Å². The largest absolute Gasteiger partial charge is 0.472 e. The van der Waals surface area contributed by atoms with Gasteiger partial charge in [-0.05, 0) is 45.6 Å². The Balaban J connectivity index is 1.54. The lowest BCUT2D eigenvalue weighted by molar-refractivity contribution is -0.234. The molecule has 1 aromatic heterocycles. The van der Waals surface area contributed by atoms with Gasteiger partial charge in [-0.3, -0.25) is 14.4 Å². The van der Waals surface area contributed by atoms with E-state index in [2.05, 4.69) is 0 Å². The van der Waals surface area contributed by atoms with E-state index in [-0.39, 0.29) is 30.5 Å². The van der Waals surface area contributed by atoms with Crippen molar-refractivity contribution in [2.45, 2.75) is 96.7 Å². The summed E-state index contributed by atoms with van der Waals surface area (Å²) < 4.78 is 29.3. The number of cyclic esters (lactones) is 2. The Morgan fingerprint density at radius 3 is 2.41 bits per heavy atom. The van der Waals surface area contributed by atoms with Crippen LogP contribution in [0.2, 0.25) is 0 Å². The Kier molecular flexibility index (Phi) is 4.82. The molecule has 2 saturated carbocycles. The maximum atomic E-state index is 14.4. The SMILES string of the molecule is CC(=O)OC1CC(=O)OC(C)(C)[C@H]2CC(=O)[C@@]3(C)[C@@H](CC[C@@]4(C)[C@H](c5ccoc5)OC(=O)[C@H]5O[C@]543)[C@]12C. The second kappa shape index (κ2) is 7.24. The van der Waals surface area contributed by atoms with Crippen molar-refractivity contribution < 1.29 is 42.5 Å². The van der Waals surface area contributed by atoms with E-state index in [1.54, 1.807) is 12.3 Å². The van der Waals surface area contributed by atoms with Gasteiger partial charge in [-0.15, -0.1) is 0 Å². The highest BCUT2D eigenvalue weighted by atomic mass is 16.7. The number of ketones is 1. The van der Waals surface area contributed by atoms with Crippen molar-refractivity contribution in [1.29, 1.82) is 0 Å². The van der Waals surface area contributed by atoms with Gasteiger partial charge < -0.3 is 23.4 Å². The zero-order valence-corrected chi connectivity index (χ0v) is 22.1. The lowest BCUT2D eigenvalue weighted by atomic mass is 9.37. The first-order chi connectivity index (χ1) is 17.2. The van der Waals surface area contributed by atoms with E-state index >= 15 is 0 Å². The zero-order valence-electron chi connectivity index (χ0n) is 22.1. The molecule has 9 nitrogen and oxygen atoms in total. The van der Waals surface area contributed by atoms with Crippen LogP contribution in [0.5, 0.6) is 0 Å². The van der Waals surface area contributed by atoms with Crippen LogP contribution in [0.15, 0.2) is 23.0 Å². The minimum absolute atomic E-state index is 0.0263. The van der Waals surface area contributed by atoms with E-state index in [1.807, 2.05) is 34.6 Å². The van der Waals surface area contributed by atoms with Crippen LogP contribution in [0.25, 0.3) is 0 Å². The minimum atomic E-state index is -1.09. The molecule has 5 fully saturated rings. The first-order valence-corrected chi connectivity index (χ1v) is 13.1. The first kappa shape index (κ1) is 24.6. The number of ether oxygens (including phenoxy) is 4. The van der Waals surface area contributed by atoms with E-state index in [9.17, 15) is 19.2 Å². The highest BCUT2D eigenvalue weighted by molar-refractivity contribution is 5.93. The van der Waals surface area contributed by atoms with Gasteiger partial charge >= 0.3 is 17.9 Å². The number of rotatable bonds is 2. The molecule has 0 radical (unpaired) electrons. The van der Waals surface area contributed by atoms with Gasteiger partial charge in [0.15, 0.2) is 6.10 Å². The molecule has 2 aliphatic carbocycles. The molecule has 0 bridgehead atoms. The summed E-state index contributed by atoms with van der Waals surface area (Å²) in [5.41, 5.74) is -3.88. The number of carbonyl (C=O) groups is 4. The Morgan fingerprint density at radius 1 is 1.03 bits per heavy atom. The second-order valence-electron chi connectivity index (χ2n) is 12.7. The third-order valence-corrected chi connectivity index (χ3v) is 10.8. The average molecular weight is 515 g/mol. The van der Waals surface area contributed by atoms with Crippen molar-refractivity contribution in [3.63, 3.8) is 0 Å².